The van der Waals surface area contributed by atoms with Gasteiger partial charge in [0.05, 0.1) is 16.8 Å². The highest BCUT2D eigenvalue weighted by molar-refractivity contribution is 6.33. The molecule has 0 fully saturated rings. The Bertz CT molecular complexity index is 1310. The fourth-order valence-electron chi connectivity index (χ4n) is 3.87. The van der Waals surface area contributed by atoms with Crippen LogP contribution in [0.3, 0.4) is 0 Å². The second-order valence-corrected chi connectivity index (χ2v) is 9.15. The molecule has 0 spiro atoms. The van der Waals surface area contributed by atoms with E-state index in [0.29, 0.717) is 50.6 Å². The van der Waals surface area contributed by atoms with Gasteiger partial charge < -0.3 is 14.4 Å². The van der Waals surface area contributed by atoms with E-state index in [1.807, 2.05) is 54.6 Å². The Hall–Kier alpha value is -2.86. The van der Waals surface area contributed by atoms with Crippen molar-refractivity contribution in [2.45, 2.75) is 20.3 Å². The van der Waals surface area contributed by atoms with Gasteiger partial charge in [0.1, 0.15) is 12.4 Å². The average Bonchev–Trinajstić information content (AvgIpc) is 3.14. The molecule has 0 unspecified atom stereocenters. The topological polar surface area (TPSA) is 66.6 Å². The summed E-state index contributed by atoms with van der Waals surface area (Å²) < 4.78 is 6.19. The number of hydrogen-bond donors (Lipinski definition) is 1. The van der Waals surface area contributed by atoms with Gasteiger partial charge in [0.25, 0.3) is 5.91 Å². The Balaban J connectivity index is 2.05. The summed E-state index contributed by atoms with van der Waals surface area (Å²) in [6.07, 6.45) is 0.618. The Labute approximate surface area is 202 Å². The number of pyridine rings is 1. The molecule has 0 aliphatic carbocycles. The summed E-state index contributed by atoms with van der Waals surface area (Å²) >= 11 is 12.7. The maximum Gasteiger partial charge on any atom is 0.252 e. The molecular weight excluding hydrogens is 459 g/mol. The van der Waals surface area contributed by atoms with E-state index in [-0.39, 0.29) is 0 Å². The van der Waals surface area contributed by atoms with Gasteiger partial charge in [-0.05, 0) is 35.7 Å². The van der Waals surface area contributed by atoms with Crippen LogP contribution in [0.1, 0.15) is 19.6 Å². The predicted octanol–water partition coefficient (Wildman–Crippen LogP) is 6.62. The van der Waals surface area contributed by atoms with Gasteiger partial charge in [-0.25, -0.2) is 4.98 Å². The third-order valence-electron chi connectivity index (χ3n) is 5.45. The van der Waals surface area contributed by atoms with Gasteiger partial charge in [-0.15, -0.1) is 0 Å². The van der Waals surface area contributed by atoms with Crippen molar-refractivity contribution in [2.75, 3.05) is 18.6 Å². The summed E-state index contributed by atoms with van der Waals surface area (Å²) in [6.45, 7) is 3.55. The lowest BCUT2D eigenvalue weighted by molar-refractivity contribution is -0.120. The molecule has 33 heavy (non-hydrogen) atoms. The van der Waals surface area contributed by atoms with Crippen LogP contribution in [0.2, 0.25) is 10.0 Å². The van der Waals surface area contributed by atoms with Crippen LogP contribution >= 0.6 is 23.2 Å². The highest BCUT2D eigenvalue weighted by atomic mass is 35.5. The largest absolute Gasteiger partial charge is 0.440 e. The number of nitrogens with zero attached hydrogens (tertiary/aromatic N) is 2. The maximum absolute atomic E-state index is 12.4. The minimum absolute atomic E-state index is 0.292. The maximum atomic E-state index is 12.4. The molecule has 2 aromatic heterocycles. The normalized spacial score (nSPS) is 11.4. The van der Waals surface area contributed by atoms with Gasteiger partial charge in [0, 0.05) is 34.6 Å². The highest BCUT2D eigenvalue weighted by Crippen LogP contribution is 2.41. The van der Waals surface area contributed by atoms with Crippen LogP contribution < -0.4 is 4.90 Å². The van der Waals surface area contributed by atoms with Crippen molar-refractivity contribution in [1.82, 2.24) is 4.98 Å². The molecule has 0 aliphatic rings. The minimum Gasteiger partial charge on any atom is -0.440 e. The first-order valence-corrected chi connectivity index (χ1v) is 11.4. The van der Waals surface area contributed by atoms with E-state index in [9.17, 15) is 9.90 Å². The summed E-state index contributed by atoms with van der Waals surface area (Å²) in [4.78, 5) is 18.7. The predicted molar refractivity (Wildman–Crippen MR) is 134 cm³/mol. The van der Waals surface area contributed by atoms with Crippen LogP contribution in [0.25, 0.3) is 33.5 Å². The summed E-state index contributed by atoms with van der Waals surface area (Å²) in [6, 6.07) is 17.0. The molecule has 2 heterocycles. The number of halogens is 2. The third kappa shape index (κ3) is 4.62. The van der Waals surface area contributed by atoms with Gasteiger partial charge in [-0.1, -0.05) is 67.4 Å². The number of carbonyl (C=O) groups is 1. The van der Waals surface area contributed by atoms with Gasteiger partial charge in [-0.2, -0.15) is 0 Å². The molecule has 2 aromatic carbocycles. The van der Waals surface area contributed by atoms with Crippen molar-refractivity contribution in [3.05, 3.63) is 70.4 Å². The van der Waals surface area contributed by atoms with Crippen LogP contribution in [-0.4, -0.2) is 29.7 Å². The number of anilines is 1. The molecule has 0 saturated heterocycles. The van der Waals surface area contributed by atoms with Crippen molar-refractivity contribution < 1.29 is 14.3 Å². The van der Waals surface area contributed by atoms with Crippen molar-refractivity contribution in [3.63, 3.8) is 0 Å². The molecule has 1 amide bonds. The monoisotopic (exact) mass is 482 g/mol. The zero-order chi connectivity index (χ0) is 23.7. The molecule has 0 bridgehead atoms. The summed E-state index contributed by atoms with van der Waals surface area (Å²) in [5.41, 5.74) is 4.20. The summed E-state index contributed by atoms with van der Waals surface area (Å²) in [7, 11) is 1.64. The number of benzene rings is 2. The molecule has 0 saturated carbocycles. The smallest absolute Gasteiger partial charge is 0.252 e. The zero-order valence-corrected chi connectivity index (χ0v) is 20.1. The minimum atomic E-state index is -0.598. The third-order valence-corrected chi connectivity index (χ3v) is 6.03. The fraction of sp³-hybridized carbons (Fsp3) is 0.231. The lowest BCUT2D eigenvalue weighted by Gasteiger charge is -2.17. The molecule has 4 aromatic rings. The van der Waals surface area contributed by atoms with E-state index in [0.717, 1.165) is 16.7 Å². The van der Waals surface area contributed by atoms with E-state index in [4.69, 9.17) is 32.6 Å². The lowest BCUT2D eigenvalue weighted by atomic mass is 9.97. The molecular formula is C26H24Cl2N2O3. The fourth-order valence-corrected chi connectivity index (χ4v) is 4.23. The average molecular weight is 483 g/mol. The number of aliphatic hydroxyl groups is 1. The highest BCUT2D eigenvalue weighted by Gasteiger charge is 2.25. The first-order valence-electron chi connectivity index (χ1n) is 10.6. The van der Waals surface area contributed by atoms with Crippen LogP contribution in [0.4, 0.5) is 5.69 Å². The van der Waals surface area contributed by atoms with Crippen LogP contribution in [0, 0.1) is 5.92 Å². The molecule has 0 atom stereocenters. The van der Waals surface area contributed by atoms with E-state index in [2.05, 4.69) is 13.8 Å². The van der Waals surface area contributed by atoms with Crippen LogP contribution in [-0.2, 0) is 11.2 Å². The number of fused-ring (bicyclic) bond motifs is 1. The first-order chi connectivity index (χ1) is 15.8. The number of furan rings is 1. The molecule has 0 aliphatic heterocycles. The van der Waals surface area contributed by atoms with Crippen molar-refractivity contribution in [1.29, 1.82) is 0 Å². The Morgan fingerprint density at radius 3 is 2.42 bits per heavy atom. The van der Waals surface area contributed by atoms with Crippen molar-refractivity contribution in [2.24, 2.45) is 5.92 Å². The number of amides is 1. The Morgan fingerprint density at radius 1 is 1.09 bits per heavy atom. The standard InChI is InChI=1S/C26H24Cl2N2O3/c1-15(2)12-22-25(30(3)23(32)14-31)20-13-19(16-8-10-17(27)11-9-16)24(29-26(20)33-22)18-6-4-5-7-21(18)28/h4-11,13,15,31H,12,14H2,1-3H3. The molecule has 7 heteroatoms. The number of aromatic nitrogens is 1. The number of carbonyl (C=O) groups excluding carboxylic acids is 1. The van der Waals surface area contributed by atoms with Crippen molar-refractivity contribution in [3.8, 4) is 22.4 Å². The molecule has 170 valence electrons. The van der Waals surface area contributed by atoms with E-state index < -0.39 is 12.5 Å². The summed E-state index contributed by atoms with van der Waals surface area (Å²) in [5, 5.41) is 11.4. The quantitative estimate of drug-likeness (QED) is 0.335. The van der Waals surface area contributed by atoms with E-state index in [1.54, 1.807) is 7.05 Å². The number of rotatable bonds is 6. The number of likely N-dealkylation sites (N-methyl/N-ethyl adjacent to an activating group) is 1. The zero-order valence-electron chi connectivity index (χ0n) is 18.6. The second-order valence-electron chi connectivity index (χ2n) is 8.31. The summed E-state index contributed by atoms with van der Waals surface area (Å²) in [5.74, 6) is 0.516. The molecule has 4 rings (SSSR count). The molecule has 0 radical (unpaired) electrons. The lowest BCUT2D eigenvalue weighted by Crippen LogP contribution is -2.29. The number of hydrogen-bond acceptors (Lipinski definition) is 4. The van der Waals surface area contributed by atoms with Gasteiger partial charge in [0.15, 0.2) is 0 Å². The first kappa shape index (κ1) is 23.3. The molecule has 5 nitrogen and oxygen atoms in total. The Morgan fingerprint density at radius 2 is 1.79 bits per heavy atom. The van der Waals surface area contributed by atoms with Crippen LogP contribution in [0.15, 0.2) is 59.0 Å². The van der Waals surface area contributed by atoms with Crippen molar-refractivity contribution >= 4 is 45.9 Å². The van der Waals surface area contributed by atoms with E-state index >= 15 is 0 Å². The van der Waals surface area contributed by atoms with Gasteiger partial charge >= 0.3 is 0 Å². The van der Waals surface area contributed by atoms with E-state index in [1.165, 1.54) is 4.90 Å². The number of aliphatic hydroxyl groups excluding tert-OH is 1. The Kier molecular flexibility index (Phi) is 6.75. The van der Waals surface area contributed by atoms with Crippen LogP contribution in [0.5, 0.6) is 0 Å². The van der Waals surface area contributed by atoms with Gasteiger partial charge in [-0.3, -0.25) is 4.79 Å². The SMILES string of the molecule is CC(C)Cc1oc2nc(-c3ccccc3Cl)c(-c3ccc(Cl)cc3)cc2c1N(C)C(=O)CO. The second kappa shape index (κ2) is 9.56. The van der Waals surface area contributed by atoms with Gasteiger partial charge in [0.2, 0.25) is 5.71 Å². The molecule has 1 N–H and O–H groups in total.